The van der Waals surface area contributed by atoms with Gasteiger partial charge < -0.3 is 19.9 Å². The van der Waals surface area contributed by atoms with Crippen LogP contribution in [0.2, 0.25) is 0 Å². The number of nitrogens with zero attached hydrogens (tertiary/aromatic N) is 2. The lowest BCUT2D eigenvalue weighted by atomic mass is 9.95. The first kappa shape index (κ1) is 24.0. The Kier molecular flexibility index (Phi) is 6.35. The molecule has 0 saturated heterocycles. The first-order valence-electron chi connectivity index (χ1n) is 9.93. The molecule has 1 aliphatic heterocycles. The Morgan fingerprint density at radius 2 is 1.82 bits per heavy atom. The molecule has 1 unspecified atom stereocenters. The number of carbonyl (C=O) groups excluding carboxylic acids is 2. The predicted molar refractivity (Wildman–Crippen MR) is 111 cm³/mol. The number of nitrogens with one attached hydrogen (secondary N) is 1. The largest absolute Gasteiger partial charge is 0.511 e. The number of rotatable bonds is 4. The van der Waals surface area contributed by atoms with Crippen molar-refractivity contribution in [3.8, 4) is 11.6 Å². The van der Waals surface area contributed by atoms with Crippen LogP contribution in [-0.4, -0.2) is 33.1 Å². The first-order chi connectivity index (χ1) is 15.2. The maximum absolute atomic E-state index is 13.2. The minimum atomic E-state index is -4.67. The molecule has 0 spiro atoms. The number of aliphatic hydroxyl groups is 1. The molecule has 8 nitrogen and oxygen atoms in total. The minimum absolute atomic E-state index is 0.0245. The molecule has 2 N–H and O–H groups in total. The molecule has 0 saturated carbocycles. The molecule has 11 heteroatoms. The fraction of sp³-hybridized carbons (Fsp3) is 0.364. The highest BCUT2D eigenvalue weighted by Gasteiger charge is 2.35. The molecule has 176 valence electrons. The molecule has 1 aromatic heterocycles. The third kappa shape index (κ3) is 5.79. The Morgan fingerprint density at radius 3 is 2.36 bits per heavy atom. The molecule has 1 aliphatic rings. The Labute approximate surface area is 187 Å². The van der Waals surface area contributed by atoms with Gasteiger partial charge in [0.2, 0.25) is 5.88 Å². The van der Waals surface area contributed by atoms with Crippen LogP contribution in [0.5, 0.6) is 11.6 Å². The van der Waals surface area contributed by atoms with Crippen molar-refractivity contribution in [2.75, 3.05) is 5.32 Å². The van der Waals surface area contributed by atoms with Crippen LogP contribution in [0.25, 0.3) is 0 Å². The van der Waals surface area contributed by atoms with E-state index in [4.69, 9.17) is 9.47 Å². The van der Waals surface area contributed by atoms with Crippen LogP contribution >= 0.6 is 0 Å². The van der Waals surface area contributed by atoms with Crippen LogP contribution in [0, 0.1) is 0 Å². The van der Waals surface area contributed by atoms with E-state index in [-0.39, 0.29) is 35.3 Å². The van der Waals surface area contributed by atoms with Gasteiger partial charge in [-0.1, -0.05) is 20.8 Å². The van der Waals surface area contributed by atoms with Crippen molar-refractivity contribution in [2.45, 2.75) is 51.8 Å². The number of halogens is 3. The summed E-state index contributed by atoms with van der Waals surface area (Å²) in [6.45, 7) is 6.63. The number of hydrogen-bond donors (Lipinski definition) is 2. The average molecular weight is 465 g/mol. The lowest BCUT2D eigenvalue weighted by molar-refractivity contribution is -0.147. The molecule has 1 atom stereocenters. The van der Waals surface area contributed by atoms with Crippen molar-refractivity contribution in [2.24, 2.45) is 0 Å². The van der Waals surface area contributed by atoms with Crippen LogP contribution < -0.4 is 10.1 Å². The van der Waals surface area contributed by atoms with Crippen LogP contribution in [0.3, 0.4) is 0 Å². The smallest absolute Gasteiger partial charge is 0.433 e. The standard InChI is InChI=1S/C22H22F3N3O5/c1-11-9-14(29)17(19(31)32-11)18(30)26-12-5-7-13(8-6-12)33-16-10-15(22(23,24)25)27-20(28-16)21(2,3)4/h5-8,10-11,29H,9H2,1-4H3,(H,26,30). The van der Waals surface area contributed by atoms with Crippen molar-refractivity contribution in [3.63, 3.8) is 0 Å². The van der Waals surface area contributed by atoms with Gasteiger partial charge in [0.05, 0.1) is 0 Å². The van der Waals surface area contributed by atoms with Gasteiger partial charge >= 0.3 is 12.1 Å². The summed E-state index contributed by atoms with van der Waals surface area (Å²) in [7, 11) is 0. The predicted octanol–water partition coefficient (Wildman–Crippen LogP) is 4.67. The fourth-order valence-corrected chi connectivity index (χ4v) is 2.88. The quantitative estimate of drug-likeness (QED) is 0.499. The summed E-state index contributed by atoms with van der Waals surface area (Å²) in [5.41, 5.74) is -2.09. The van der Waals surface area contributed by atoms with Crippen molar-refractivity contribution in [3.05, 3.63) is 53.2 Å². The number of cyclic esters (lactones) is 1. The van der Waals surface area contributed by atoms with E-state index >= 15 is 0 Å². The molecule has 0 fully saturated rings. The number of alkyl halides is 3. The van der Waals surface area contributed by atoms with E-state index in [1.807, 2.05) is 0 Å². The number of hydrogen-bond acceptors (Lipinski definition) is 7. The highest BCUT2D eigenvalue weighted by Crippen LogP contribution is 2.33. The molecule has 0 aliphatic carbocycles. The van der Waals surface area contributed by atoms with Crippen molar-refractivity contribution in [1.29, 1.82) is 0 Å². The van der Waals surface area contributed by atoms with E-state index in [2.05, 4.69) is 15.3 Å². The maximum Gasteiger partial charge on any atom is 0.433 e. The van der Waals surface area contributed by atoms with Crippen LogP contribution in [0.1, 0.15) is 45.6 Å². The zero-order valence-electron chi connectivity index (χ0n) is 18.3. The molecule has 33 heavy (non-hydrogen) atoms. The van der Waals surface area contributed by atoms with Gasteiger partial charge in [-0.25, -0.2) is 9.78 Å². The normalized spacial score (nSPS) is 16.9. The van der Waals surface area contributed by atoms with E-state index in [1.165, 1.54) is 24.3 Å². The highest BCUT2D eigenvalue weighted by atomic mass is 19.4. The number of ether oxygens (including phenoxy) is 2. The molecule has 3 rings (SSSR count). The molecule has 0 bridgehead atoms. The van der Waals surface area contributed by atoms with Gasteiger partial charge in [-0.05, 0) is 31.2 Å². The van der Waals surface area contributed by atoms with E-state index < -0.39 is 40.8 Å². The van der Waals surface area contributed by atoms with Crippen molar-refractivity contribution >= 4 is 17.6 Å². The zero-order chi connectivity index (χ0) is 24.6. The number of carbonyl (C=O) groups is 2. The summed E-state index contributed by atoms with van der Waals surface area (Å²) in [6.07, 6.45) is -5.19. The first-order valence-corrected chi connectivity index (χ1v) is 9.93. The molecule has 2 aromatic rings. The number of anilines is 1. The molecule has 1 amide bonds. The highest BCUT2D eigenvalue weighted by molar-refractivity contribution is 6.21. The van der Waals surface area contributed by atoms with Gasteiger partial charge in [0, 0.05) is 23.6 Å². The van der Waals surface area contributed by atoms with Gasteiger partial charge in [-0.2, -0.15) is 18.2 Å². The zero-order valence-corrected chi connectivity index (χ0v) is 18.3. The SMILES string of the molecule is CC1CC(O)=C(C(=O)Nc2ccc(Oc3cc(C(F)(F)F)nc(C(C)(C)C)n3)cc2)C(=O)O1. The summed E-state index contributed by atoms with van der Waals surface area (Å²) in [4.78, 5) is 31.9. The third-order valence-corrected chi connectivity index (χ3v) is 4.51. The number of benzene rings is 1. The van der Waals surface area contributed by atoms with Crippen molar-refractivity contribution < 1.29 is 37.3 Å². The molecular formula is C22H22F3N3O5. The number of esters is 1. The molecule has 2 heterocycles. The number of aliphatic hydroxyl groups excluding tert-OH is 1. The third-order valence-electron chi connectivity index (χ3n) is 4.51. The summed E-state index contributed by atoms with van der Waals surface area (Å²) in [5.74, 6) is -2.30. The van der Waals surface area contributed by atoms with Gasteiger partial charge in [-0.3, -0.25) is 4.79 Å². The average Bonchev–Trinajstić information content (AvgIpc) is 2.67. The summed E-state index contributed by atoms with van der Waals surface area (Å²) in [6, 6.07) is 6.33. The topological polar surface area (TPSA) is 111 Å². The van der Waals surface area contributed by atoms with Gasteiger partial charge in [-0.15, -0.1) is 0 Å². The Balaban J connectivity index is 1.78. The Bertz CT molecular complexity index is 1070. The monoisotopic (exact) mass is 465 g/mol. The van der Waals surface area contributed by atoms with E-state index in [0.29, 0.717) is 6.07 Å². The van der Waals surface area contributed by atoms with E-state index in [0.717, 1.165) is 0 Å². The second-order valence-electron chi connectivity index (χ2n) is 8.49. The summed E-state index contributed by atoms with van der Waals surface area (Å²) < 4.78 is 50.2. The minimum Gasteiger partial charge on any atom is -0.511 e. The molecule has 1 aromatic carbocycles. The van der Waals surface area contributed by atoms with Crippen LogP contribution in [-0.2, 0) is 25.9 Å². The molecular weight excluding hydrogens is 443 g/mol. The van der Waals surface area contributed by atoms with Crippen molar-refractivity contribution in [1.82, 2.24) is 9.97 Å². The Hall–Kier alpha value is -3.63. The lowest BCUT2D eigenvalue weighted by Crippen LogP contribution is -2.31. The van der Waals surface area contributed by atoms with Gasteiger partial charge in [0.1, 0.15) is 23.4 Å². The Morgan fingerprint density at radius 1 is 1.18 bits per heavy atom. The summed E-state index contributed by atoms with van der Waals surface area (Å²) >= 11 is 0. The summed E-state index contributed by atoms with van der Waals surface area (Å²) in [5, 5.41) is 12.4. The van der Waals surface area contributed by atoms with E-state index in [1.54, 1.807) is 27.7 Å². The second-order valence-corrected chi connectivity index (χ2v) is 8.49. The van der Waals surface area contributed by atoms with Crippen LogP contribution in [0.4, 0.5) is 18.9 Å². The van der Waals surface area contributed by atoms with Gasteiger partial charge in [0.25, 0.3) is 5.91 Å². The van der Waals surface area contributed by atoms with Gasteiger partial charge in [0.15, 0.2) is 11.3 Å². The molecule has 0 radical (unpaired) electrons. The number of amides is 1. The second kappa shape index (κ2) is 8.72. The lowest BCUT2D eigenvalue weighted by Gasteiger charge is -2.21. The number of aromatic nitrogens is 2. The van der Waals surface area contributed by atoms with Crippen LogP contribution in [0.15, 0.2) is 41.7 Å². The fourth-order valence-electron chi connectivity index (χ4n) is 2.88. The van der Waals surface area contributed by atoms with E-state index in [9.17, 15) is 27.9 Å². The maximum atomic E-state index is 13.2.